The lowest BCUT2D eigenvalue weighted by Gasteiger charge is -2.38. The van der Waals surface area contributed by atoms with Crippen LogP contribution in [0.3, 0.4) is 0 Å². The summed E-state index contributed by atoms with van der Waals surface area (Å²) in [4.78, 5) is 4.87. The number of hydrogen-bond donors (Lipinski definition) is 2. The first kappa shape index (κ1) is 36.1. The molecule has 8 nitrogen and oxygen atoms in total. The fourth-order valence-corrected chi connectivity index (χ4v) is 8.69. The molecule has 0 radical (unpaired) electrons. The van der Waals surface area contributed by atoms with Gasteiger partial charge in [-0.3, -0.25) is 9.80 Å². The molecule has 4 aliphatic rings. The molecule has 4 N–H and O–H groups in total. The third-order valence-corrected chi connectivity index (χ3v) is 11.3. The average molecular weight is 764 g/mol. The SMILES string of the molecule is N#Cc1c(F)cccc1O[C@@H]1c2ccccc2C[C@H]1N1CCC[C@H](N)C1.N#Cc1ccc(Br)cc1O[C@@H]1c2ccccc2C[C@H]1N1CCC[C@@H](N)C1. The molecule has 0 saturated carbocycles. The maximum atomic E-state index is 14.0. The van der Waals surface area contributed by atoms with Crippen LogP contribution < -0.4 is 20.9 Å². The fraction of sp³-hybridized carbons (Fsp3) is 0.381. The number of rotatable bonds is 6. The highest BCUT2D eigenvalue weighted by atomic mass is 79.9. The number of piperidine rings is 2. The van der Waals surface area contributed by atoms with Gasteiger partial charge in [0.2, 0.25) is 0 Å². The Labute approximate surface area is 313 Å². The lowest BCUT2D eigenvalue weighted by atomic mass is 10.0. The smallest absolute Gasteiger partial charge is 0.144 e. The Morgan fingerprint density at radius 3 is 1.79 bits per heavy atom. The third-order valence-electron chi connectivity index (χ3n) is 10.9. The second kappa shape index (κ2) is 16.2. The van der Waals surface area contributed by atoms with Gasteiger partial charge in [-0.05, 0) is 104 Å². The van der Waals surface area contributed by atoms with Crippen molar-refractivity contribution in [2.45, 2.75) is 74.9 Å². The van der Waals surface area contributed by atoms with E-state index < -0.39 is 5.82 Å². The Morgan fingerprint density at radius 1 is 0.692 bits per heavy atom. The third kappa shape index (κ3) is 7.73. The molecule has 2 saturated heterocycles. The number of halogens is 2. The van der Waals surface area contributed by atoms with E-state index in [1.165, 1.54) is 22.8 Å². The zero-order valence-corrected chi connectivity index (χ0v) is 30.7. The minimum absolute atomic E-state index is 0.0361. The second-order valence-electron chi connectivity index (χ2n) is 14.3. The van der Waals surface area contributed by atoms with Gasteiger partial charge in [0, 0.05) is 29.6 Å². The molecule has 52 heavy (non-hydrogen) atoms. The van der Waals surface area contributed by atoms with Crippen molar-refractivity contribution >= 4 is 15.9 Å². The molecule has 2 fully saturated rings. The van der Waals surface area contributed by atoms with Gasteiger partial charge in [-0.2, -0.15) is 10.5 Å². The number of nitriles is 2. The number of likely N-dealkylation sites (tertiary alicyclic amines) is 2. The first-order valence-electron chi connectivity index (χ1n) is 18.2. The summed E-state index contributed by atoms with van der Waals surface area (Å²) in [6.45, 7) is 3.78. The zero-order valence-electron chi connectivity index (χ0n) is 29.1. The molecule has 2 heterocycles. The van der Waals surface area contributed by atoms with Crippen molar-refractivity contribution < 1.29 is 13.9 Å². The van der Waals surface area contributed by atoms with E-state index in [1.54, 1.807) is 18.2 Å². The molecule has 0 aromatic heterocycles. The Hall–Kier alpha value is -4.29. The Balaban J connectivity index is 0.000000162. The van der Waals surface area contributed by atoms with Crippen molar-refractivity contribution in [3.63, 3.8) is 0 Å². The molecule has 268 valence electrons. The van der Waals surface area contributed by atoms with Gasteiger partial charge in [0.25, 0.3) is 0 Å². The summed E-state index contributed by atoms with van der Waals surface area (Å²) in [5.41, 5.74) is 17.9. The molecule has 0 unspecified atom stereocenters. The van der Waals surface area contributed by atoms with Crippen LogP contribution in [0.2, 0.25) is 0 Å². The fourth-order valence-electron chi connectivity index (χ4n) is 8.35. The summed E-state index contributed by atoms with van der Waals surface area (Å²) in [5.74, 6) is 0.392. The van der Waals surface area contributed by atoms with Crippen LogP contribution in [-0.2, 0) is 12.8 Å². The molecule has 8 rings (SSSR count). The highest BCUT2D eigenvalue weighted by Gasteiger charge is 2.41. The maximum absolute atomic E-state index is 14.0. The van der Waals surface area contributed by atoms with E-state index in [4.69, 9.17) is 20.9 Å². The van der Waals surface area contributed by atoms with E-state index in [1.807, 2.05) is 30.3 Å². The molecule has 2 aliphatic carbocycles. The van der Waals surface area contributed by atoms with Crippen LogP contribution in [0.4, 0.5) is 4.39 Å². The van der Waals surface area contributed by atoms with Gasteiger partial charge in [0.1, 0.15) is 47.2 Å². The molecule has 2 aliphatic heterocycles. The number of nitrogens with two attached hydrogens (primary N) is 2. The van der Waals surface area contributed by atoms with E-state index in [9.17, 15) is 14.9 Å². The largest absolute Gasteiger partial charge is 0.483 e. The van der Waals surface area contributed by atoms with E-state index in [-0.39, 0.29) is 41.9 Å². The highest BCUT2D eigenvalue weighted by Crippen LogP contribution is 2.41. The predicted molar refractivity (Wildman–Crippen MR) is 202 cm³/mol. The molecule has 4 aromatic rings. The summed E-state index contributed by atoms with van der Waals surface area (Å²) in [6, 6.07) is 31.8. The van der Waals surface area contributed by atoms with E-state index >= 15 is 0 Å². The van der Waals surface area contributed by atoms with Crippen LogP contribution in [0.25, 0.3) is 0 Å². The Bertz CT molecular complexity index is 1900. The van der Waals surface area contributed by atoms with Crippen molar-refractivity contribution in [2.24, 2.45) is 11.5 Å². The quantitative estimate of drug-likeness (QED) is 0.216. The Kier molecular flexibility index (Phi) is 11.2. The van der Waals surface area contributed by atoms with Crippen LogP contribution in [-0.4, -0.2) is 60.1 Å². The summed E-state index contributed by atoms with van der Waals surface area (Å²) in [6.07, 6.45) is 5.86. The van der Waals surface area contributed by atoms with Gasteiger partial charge in [0.15, 0.2) is 0 Å². The molecular formula is C42H44BrFN6O2. The van der Waals surface area contributed by atoms with Crippen molar-refractivity contribution in [3.05, 3.63) is 129 Å². The highest BCUT2D eigenvalue weighted by molar-refractivity contribution is 9.10. The number of ether oxygens (including phenoxy) is 2. The molecule has 0 amide bonds. The predicted octanol–water partition coefficient (Wildman–Crippen LogP) is 6.95. The van der Waals surface area contributed by atoms with E-state index in [0.29, 0.717) is 17.1 Å². The first-order chi connectivity index (χ1) is 25.3. The van der Waals surface area contributed by atoms with Gasteiger partial charge in [-0.1, -0.05) is 70.5 Å². The standard InChI is InChI=1S/C21H22BrN3O.C21H22FN3O/c22-16-8-7-15(12-23)20(11-16)26-21-18-6-2-1-4-14(18)10-19(21)25-9-3-5-17(24)13-25;22-18-8-3-9-20(17(18)12-23)26-21-16-7-2-1-5-14(16)11-19(21)25-10-4-6-15(24)13-25/h1-2,4,6-8,11,17,19,21H,3,5,9-10,13,24H2;1-3,5,7-9,15,19,21H,4,6,10-11,13,24H2/t17-,19-,21-;15-,19+,21+/m10/s1. The van der Waals surface area contributed by atoms with Crippen LogP contribution in [0.5, 0.6) is 11.5 Å². The van der Waals surface area contributed by atoms with E-state index in [0.717, 1.165) is 74.7 Å². The Morgan fingerprint density at radius 2 is 1.25 bits per heavy atom. The lowest BCUT2D eigenvalue weighted by molar-refractivity contribution is 0.0589. The first-order valence-corrected chi connectivity index (χ1v) is 19.0. The zero-order chi connectivity index (χ0) is 36.2. The summed E-state index contributed by atoms with van der Waals surface area (Å²) >= 11 is 3.49. The van der Waals surface area contributed by atoms with Crippen molar-refractivity contribution in [2.75, 3.05) is 26.2 Å². The number of benzene rings is 4. The number of fused-ring (bicyclic) bond motifs is 2. The summed E-state index contributed by atoms with van der Waals surface area (Å²) < 4.78 is 27.6. The summed E-state index contributed by atoms with van der Waals surface area (Å²) in [5, 5.41) is 18.8. The molecule has 0 bridgehead atoms. The minimum Gasteiger partial charge on any atom is -0.483 e. The van der Waals surface area contributed by atoms with Gasteiger partial charge in [-0.15, -0.1) is 0 Å². The van der Waals surface area contributed by atoms with Crippen LogP contribution >= 0.6 is 15.9 Å². The topological polar surface area (TPSA) is 125 Å². The van der Waals surface area contributed by atoms with Crippen molar-refractivity contribution in [3.8, 4) is 23.6 Å². The van der Waals surface area contributed by atoms with Gasteiger partial charge in [0.05, 0.1) is 17.6 Å². The van der Waals surface area contributed by atoms with Crippen molar-refractivity contribution in [1.29, 1.82) is 10.5 Å². The lowest BCUT2D eigenvalue weighted by Crippen LogP contribution is -2.49. The number of hydrogen-bond acceptors (Lipinski definition) is 8. The second-order valence-corrected chi connectivity index (χ2v) is 15.2. The minimum atomic E-state index is -0.548. The van der Waals surface area contributed by atoms with E-state index in [2.05, 4.69) is 68.2 Å². The molecule has 0 spiro atoms. The number of nitrogens with zero attached hydrogens (tertiary/aromatic N) is 4. The van der Waals surface area contributed by atoms with Crippen LogP contribution in [0.15, 0.2) is 89.4 Å². The maximum Gasteiger partial charge on any atom is 0.144 e. The molecule has 6 atom stereocenters. The van der Waals surface area contributed by atoms with Gasteiger partial charge in [-0.25, -0.2) is 4.39 Å². The average Bonchev–Trinajstić information content (AvgIpc) is 3.71. The molecular weight excluding hydrogens is 719 g/mol. The van der Waals surface area contributed by atoms with Gasteiger partial charge < -0.3 is 20.9 Å². The van der Waals surface area contributed by atoms with Gasteiger partial charge >= 0.3 is 0 Å². The normalized spacial score (nSPS) is 25.5. The molecule has 10 heteroatoms. The van der Waals surface area contributed by atoms with Crippen LogP contribution in [0.1, 0.15) is 71.3 Å². The summed E-state index contributed by atoms with van der Waals surface area (Å²) in [7, 11) is 0. The molecule has 4 aromatic carbocycles. The van der Waals surface area contributed by atoms with Crippen LogP contribution in [0, 0.1) is 28.5 Å². The van der Waals surface area contributed by atoms with Crippen molar-refractivity contribution in [1.82, 2.24) is 9.80 Å². The monoisotopic (exact) mass is 762 g/mol.